The molecule has 0 saturated heterocycles. The molecule has 2 aromatic rings. The van der Waals surface area contributed by atoms with Crippen molar-refractivity contribution in [3.8, 4) is 0 Å². The standard InChI is InChI=1S/C9H5F5N2OS2/c10-6(11)3-19(17)8-16-7-5(18-8)1-4(2-15-7)9(12,13)14/h1-2,6H,3H2/t19-/m1/s1. The number of hydrogen-bond acceptors (Lipinski definition) is 4. The highest BCUT2D eigenvalue weighted by molar-refractivity contribution is 7.87. The molecule has 0 saturated carbocycles. The van der Waals surface area contributed by atoms with E-state index in [0.29, 0.717) is 17.5 Å². The molecule has 0 spiro atoms. The van der Waals surface area contributed by atoms with Crippen LogP contribution in [0.25, 0.3) is 10.3 Å². The lowest BCUT2D eigenvalue weighted by Gasteiger charge is -2.04. The van der Waals surface area contributed by atoms with Gasteiger partial charge in [-0.05, 0) is 6.07 Å². The Morgan fingerprint density at radius 1 is 1.37 bits per heavy atom. The topological polar surface area (TPSA) is 42.9 Å². The Morgan fingerprint density at radius 3 is 2.63 bits per heavy atom. The Balaban J connectivity index is 2.38. The lowest BCUT2D eigenvalue weighted by atomic mass is 10.3. The third kappa shape index (κ3) is 3.24. The molecule has 0 unspecified atom stereocenters. The Morgan fingerprint density at radius 2 is 2.05 bits per heavy atom. The fraction of sp³-hybridized carbons (Fsp3) is 0.333. The van der Waals surface area contributed by atoms with E-state index in [2.05, 4.69) is 9.97 Å². The average molecular weight is 316 g/mol. The maximum atomic E-state index is 12.4. The summed E-state index contributed by atoms with van der Waals surface area (Å²) in [4.78, 5) is 7.18. The van der Waals surface area contributed by atoms with Crippen LogP contribution in [0.5, 0.6) is 0 Å². The van der Waals surface area contributed by atoms with E-state index in [1.165, 1.54) is 0 Å². The molecule has 19 heavy (non-hydrogen) atoms. The summed E-state index contributed by atoms with van der Waals surface area (Å²) < 4.78 is 72.8. The normalized spacial score (nSPS) is 14.2. The van der Waals surface area contributed by atoms with Crippen LogP contribution in [-0.2, 0) is 17.0 Å². The molecule has 0 N–H and O–H groups in total. The van der Waals surface area contributed by atoms with Crippen LogP contribution in [0.1, 0.15) is 5.56 Å². The van der Waals surface area contributed by atoms with Crippen LogP contribution >= 0.6 is 11.3 Å². The summed E-state index contributed by atoms with van der Waals surface area (Å²) >= 11 is 0.671. The zero-order chi connectivity index (χ0) is 14.2. The molecule has 3 nitrogen and oxygen atoms in total. The number of halogens is 5. The first-order valence-corrected chi connectivity index (χ1v) is 6.91. The number of nitrogens with zero attached hydrogens (tertiary/aromatic N) is 2. The van der Waals surface area contributed by atoms with Crippen LogP contribution in [-0.4, -0.2) is 26.4 Å². The van der Waals surface area contributed by atoms with E-state index >= 15 is 0 Å². The van der Waals surface area contributed by atoms with Gasteiger partial charge in [-0.15, -0.1) is 11.3 Å². The molecule has 0 aliphatic rings. The van der Waals surface area contributed by atoms with Gasteiger partial charge in [0.1, 0.15) is 0 Å². The van der Waals surface area contributed by atoms with Crippen molar-refractivity contribution in [1.82, 2.24) is 9.97 Å². The third-order valence-electron chi connectivity index (χ3n) is 2.03. The summed E-state index contributed by atoms with van der Waals surface area (Å²) in [5.74, 6) is -0.897. The highest BCUT2D eigenvalue weighted by Gasteiger charge is 2.31. The molecule has 104 valence electrons. The van der Waals surface area contributed by atoms with Gasteiger partial charge in [0.05, 0.1) is 26.8 Å². The van der Waals surface area contributed by atoms with Crippen LogP contribution in [0.2, 0.25) is 0 Å². The quantitative estimate of drug-likeness (QED) is 0.817. The maximum Gasteiger partial charge on any atom is 0.417 e. The molecule has 0 aliphatic heterocycles. The van der Waals surface area contributed by atoms with E-state index in [1.54, 1.807) is 0 Å². The number of pyridine rings is 1. The van der Waals surface area contributed by atoms with Gasteiger partial charge in [-0.25, -0.2) is 18.7 Å². The minimum absolute atomic E-state index is 0.0318. The molecule has 0 radical (unpaired) electrons. The van der Waals surface area contributed by atoms with Gasteiger partial charge in [0, 0.05) is 6.20 Å². The van der Waals surface area contributed by atoms with Gasteiger partial charge in [-0.3, -0.25) is 4.21 Å². The number of alkyl halides is 5. The Bertz CT molecular complexity index is 625. The monoisotopic (exact) mass is 316 g/mol. The lowest BCUT2D eigenvalue weighted by molar-refractivity contribution is -0.137. The van der Waals surface area contributed by atoms with Gasteiger partial charge in [-0.1, -0.05) is 0 Å². The zero-order valence-electron chi connectivity index (χ0n) is 8.95. The van der Waals surface area contributed by atoms with Crippen molar-refractivity contribution in [3.05, 3.63) is 17.8 Å². The number of fused-ring (bicyclic) bond motifs is 1. The van der Waals surface area contributed by atoms with Crippen LogP contribution < -0.4 is 0 Å². The molecule has 1 atom stereocenters. The molecule has 2 aromatic heterocycles. The van der Waals surface area contributed by atoms with E-state index in [4.69, 9.17) is 0 Å². The summed E-state index contributed by atoms with van der Waals surface area (Å²) in [7, 11) is -2.04. The summed E-state index contributed by atoms with van der Waals surface area (Å²) in [6, 6.07) is 0.809. The summed E-state index contributed by atoms with van der Waals surface area (Å²) in [5.41, 5.74) is -0.995. The predicted molar refractivity (Wildman–Crippen MR) is 59.7 cm³/mol. The Hall–Kier alpha value is -1.16. The van der Waals surface area contributed by atoms with Crippen LogP contribution in [0.4, 0.5) is 22.0 Å². The van der Waals surface area contributed by atoms with Gasteiger partial charge in [0.2, 0.25) is 0 Å². The number of hydrogen-bond donors (Lipinski definition) is 0. The van der Waals surface area contributed by atoms with E-state index in [-0.39, 0.29) is 14.7 Å². The van der Waals surface area contributed by atoms with Gasteiger partial charge < -0.3 is 0 Å². The fourth-order valence-electron chi connectivity index (χ4n) is 1.24. The molecule has 0 aliphatic carbocycles. The number of aromatic nitrogens is 2. The second-order valence-electron chi connectivity index (χ2n) is 3.43. The predicted octanol–water partition coefficient (Wildman–Crippen LogP) is 3.08. The van der Waals surface area contributed by atoms with E-state index in [0.717, 1.165) is 6.07 Å². The molecule has 2 rings (SSSR count). The molecule has 0 aromatic carbocycles. The smallest absolute Gasteiger partial charge is 0.252 e. The first-order chi connectivity index (χ1) is 8.77. The fourth-order valence-corrected chi connectivity index (χ4v) is 3.34. The van der Waals surface area contributed by atoms with E-state index < -0.39 is 34.7 Å². The molecule has 0 fully saturated rings. The number of rotatable bonds is 3. The first-order valence-electron chi connectivity index (χ1n) is 4.77. The number of thiazole rings is 1. The molecule has 0 bridgehead atoms. The van der Waals surface area contributed by atoms with Gasteiger partial charge in [0.15, 0.2) is 9.99 Å². The van der Waals surface area contributed by atoms with Crippen molar-refractivity contribution in [3.63, 3.8) is 0 Å². The Kier molecular flexibility index (Phi) is 3.81. The summed E-state index contributed by atoms with van der Waals surface area (Å²) in [6.07, 6.45) is -6.72. The van der Waals surface area contributed by atoms with Crippen LogP contribution in [0.3, 0.4) is 0 Å². The first kappa shape index (κ1) is 14.3. The highest BCUT2D eigenvalue weighted by atomic mass is 32.2. The van der Waals surface area contributed by atoms with E-state index in [9.17, 15) is 26.2 Å². The largest absolute Gasteiger partial charge is 0.417 e. The van der Waals surface area contributed by atoms with Crippen molar-refractivity contribution in [1.29, 1.82) is 0 Å². The molecule has 0 amide bonds. The lowest BCUT2D eigenvalue weighted by Crippen LogP contribution is -2.06. The van der Waals surface area contributed by atoms with Crippen molar-refractivity contribution >= 4 is 32.5 Å². The van der Waals surface area contributed by atoms with Crippen LogP contribution in [0.15, 0.2) is 16.6 Å². The van der Waals surface area contributed by atoms with Gasteiger partial charge >= 0.3 is 6.18 Å². The van der Waals surface area contributed by atoms with Crippen molar-refractivity contribution < 1.29 is 26.2 Å². The Labute approximate surface area is 109 Å². The molecular weight excluding hydrogens is 311 g/mol. The summed E-state index contributed by atoms with van der Waals surface area (Å²) in [5, 5.41) is 0. The van der Waals surface area contributed by atoms with Crippen molar-refractivity contribution in [2.75, 3.05) is 5.75 Å². The van der Waals surface area contributed by atoms with Gasteiger partial charge in [-0.2, -0.15) is 13.2 Å². The average Bonchev–Trinajstić information content (AvgIpc) is 2.69. The van der Waals surface area contributed by atoms with E-state index in [1.807, 2.05) is 0 Å². The minimum Gasteiger partial charge on any atom is -0.252 e. The second-order valence-corrected chi connectivity index (χ2v) is 6.13. The van der Waals surface area contributed by atoms with Gasteiger partial charge in [0.25, 0.3) is 6.43 Å². The molecular formula is C9H5F5N2OS2. The molecule has 2 heterocycles. The van der Waals surface area contributed by atoms with Crippen molar-refractivity contribution in [2.24, 2.45) is 0 Å². The SMILES string of the molecule is O=[S@](CC(F)F)c1nc2ncc(C(F)(F)F)cc2s1. The highest BCUT2D eigenvalue weighted by Crippen LogP contribution is 2.32. The zero-order valence-corrected chi connectivity index (χ0v) is 10.6. The second kappa shape index (κ2) is 5.08. The maximum absolute atomic E-state index is 12.4. The third-order valence-corrected chi connectivity index (χ3v) is 4.66. The van der Waals surface area contributed by atoms with Crippen LogP contribution in [0, 0.1) is 0 Å². The van der Waals surface area contributed by atoms with Crippen molar-refractivity contribution in [2.45, 2.75) is 16.9 Å². The summed E-state index contributed by atoms with van der Waals surface area (Å²) in [6.45, 7) is 0. The minimum atomic E-state index is -4.55. The molecule has 10 heteroatoms.